The first-order valence-corrected chi connectivity index (χ1v) is 10.4. The second-order valence-corrected chi connectivity index (χ2v) is 7.43. The lowest BCUT2D eigenvalue weighted by Crippen LogP contribution is -2.11. The molecule has 0 amide bonds. The highest BCUT2D eigenvalue weighted by molar-refractivity contribution is 5.93. The van der Waals surface area contributed by atoms with Gasteiger partial charge in [-0.1, -0.05) is 24.3 Å². The number of pyridine rings is 1. The third-order valence-electron chi connectivity index (χ3n) is 5.48. The van der Waals surface area contributed by atoms with Gasteiger partial charge in [-0.2, -0.15) is 0 Å². The molecule has 0 N–H and O–H groups in total. The van der Waals surface area contributed by atoms with E-state index in [1.165, 1.54) is 12.8 Å². The van der Waals surface area contributed by atoms with Gasteiger partial charge >= 0.3 is 0 Å². The van der Waals surface area contributed by atoms with Crippen molar-refractivity contribution in [3.05, 3.63) is 83.7 Å². The molecule has 1 aliphatic rings. The number of aromatic nitrogens is 1. The third kappa shape index (κ3) is 4.48. The van der Waals surface area contributed by atoms with Crippen LogP contribution in [0.2, 0.25) is 0 Å². The fourth-order valence-corrected chi connectivity index (χ4v) is 3.94. The average molecular weight is 402 g/mol. The van der Waals surface area contributed by atoms with Gasteiger partial charge in [0.25, 0.3) is 0 Å². The minimum absolute atomic E-state index is 0.270. The Labute approximate surface area is 178 Å². The van der Waals surface area contributed by atoms with Crippen LogP contribution >= 0.6 is 0 Å². The molecular weight excluding hydrogens is 374 g/mol. The molecule has 0 saturated heterocycles. The molecule has 0 atom stereocenters. The van der Waals surface area contributed by atoms with Gasteiger partial charge in [0, 0.05) is 18.0 Å². The van der Waals surface area contributed by atoms with Crippen LogP contribution < -0.4 is 14.2 Å². The Hall–Kier alpha value is -3.27. The minimum Gasteiger partial charge on any atom is -0.496 e. The highest BCUT2D eigenvalue weighted by Gasteiger charge is 2.19. The normalized spacial score (nSPS) is 14.5. The zero-order valence-corrected chi connectivity index (χ0v) is 17.5. The summed E-state index contributed by atoms with van der Waals surface area (Å²) < 4.78 is 17.5. The van der Waals surface area contributed by atoms with Crippen LogP contribution in [0.5, 0.6) is 17.2 Å². The molecule has 0 unspecified atom stereocenters. The summed E-state index contributed by atoms with van der Waals surface area (Å²) in [7, 11) is 3.38. The first-order valence-electron chi connectivity index (χ1n) is 10.4. The van der Waals surface area contributed by atoms with Gasteiger partial charge in [0.05, 0.1) is 20.3 Å². The van der Waals surface area contributed by atoms with Gasteiger partial charge in [-0.3, -0.25) is 4.98 Å². The van der Waals surface area contributed by atoms with E-state index in [1.807, 2.05) is 36.4 Å². The molecule has 0 radical (unpaired) electrons. The van der Waals surface area contributed by atoms with Crippen molar-refractivity contribution in [1.82, 2.24) is 4.98 Å². The molecule has 2 aromatic carbocycles. The monoisotopic (exact) mass is 401 g/mol. The van der Waals surface area contributed by atoms with Crippen molar-refractivity contribution in [2.75, 3.05) is 14.2 Å². The van der Waals surface area contributed by atoms with Crippen molar-refractivity contribution in [2.45, 2.75) is 31.8 Å². The molecule has 1 aliphatic carbocycles. The number of hydrogen-bond donors (Lipinski definition) is 0. The van der Waals surface area contributed by atoms with Crippen molar-refractivity contribution in [2.24, 2.45) is 0 Å². The van der Waals surface area contributed by atoms with Crippen molar-refractivity contribution < 1.29 is 14.2 Å². The summed E-state index contributed by atoms with van der Waals surface area (Å²) in [5, 5.41) is 0. The number of hydrogen-bond acceptors (Lipinski definition) is 4. The van der Waals surface area contributed by atoms with Crippen LogP contribution in [0.25, 0.3) is 11.6 Å². The Bertz CT molecular complexity index is 1010. The summed E-state index contributed by atoms with van der Waals surface area (Å²) in [6.45, 7) is 0. The van der Waals surface area contributed by atoms with E-state index in [0.29, 0.717) is 0 Å². The van der Waals surface area contributed by atoms with Gasteiger partial charge in [0.1, 0.15) is 5.75 Å². The molecule has 4 heteroatoms. The number of ether oxygens (including phenoxy) is 3. The van der Waals surface area contributed by atoms with Gasteiger partial charge in [-0.15, -0.1) is 0 Å². The predicted octanol–water partition coefficient (Wildman–Crippen LogP) is 6.01. The Balaban J connectivity index is 1.78. The molecule has 1 heterocycles. The lowest BCUT2D eigenvalue weighted by Gasteiger charge is -2.17. The van der Waals surface area contributed by atoms with E-state index in [1.54, 1.807) is 26.6 Å². The predicted molar refractivity (Wildman–Crippen MR) is 120 cm³/mol. The number of nitrogens with zero attached hydrogens (tertiary/aromatic N) is 1. The van der Waals surface area contributed by atoms with Gasteiger partial charge in [-0.25, -0.2) is 0 Å². The molecular formula is C26H27NO3. The number of para-hydroxylation sites is 1. The molecule has 4 nitrogen and oxygen atoms in total. The number of rotatable bonds is 7. The van der Waals surface area contributed by atoms with Gasteiger partial charge in [0.2, 0.25) is 0 Å². The Kier molecular flexibility index (Phi) is 6.33. The van der Waals surface area contributed by atoms with Crippen LogP contribution in [0.3, 0.4) is 0 Å². The van der Waals surface area contributed by atoms with E-state index >= 15 is 0 Å². The van der Waals surface area contributed by atoms with Crippen LogP contribution in [0.15, 0.2) is 67.0 Å². The molecule has 0 bridgehead atoms. The molecule has 1 fully saturated rings. The Morgan fingerprint density at radius 2 is 1.60 bits per heavy atom. The number of benzene rings is 2. The zero-order valence-electron chi connectivity index (χ0n) is 17.5. The minimum atomic E-state index is 0.270. The summed E-state index contributed by atoms with van der Waals surface area (Å²) >= 11 is 0. The van der Waals surface area contributed by atoms with Crippen LogP contribution in [0.1, 0.15) is 42.4 Å². The van der Waals surface area contributed by atoms with Crippen molar-refractivity contribution in [3.8, 4) is 17.2 Å². The summed E-state index contributed by atoms with van der Waals surface area (Å²) in [6, 6.07) is 18.2. The van der Waals surface area contributed by atoms with Gasteiger partial charge in [-0.05, 0) is 78.8 Å². The van der Waals surface area contributed by atoms with E-state index < -0.39 is 0 Å². The number of methoxy groups -OCH3 is 2. The highest BCUT2D eigenvalue weighted by Crippen LogP contribution is 2.36. The quantitative estimate of drug-likeness (QED) is 0.455. The maximum absolute atomic E-state index is 6.29. The second-order valence-electron chi connectivity index (χ2n) is 7.43. The molecule has 0 aliphatic heterocycles. The molecule has 30 heavy (non-hydrogen) atoms. The molecule has 1 aromatic heterocycles. The summed E-state index contributed by atoms with van der Waals surface area (Å²) in [5.41, 5.74) is 4.21. The smallest absolute Gasteiger partial charge is 0.162 e. The first kappa shape index (κ1) is 20.0. The van der Waals surface area contributed by atoms with Crippen LogP contribution in [0.4, 0.5) is 0 Å². The fraction of sp³-hybridized carbons (Fsp3) is 0.269. The fourth-order valence-electron chi connectivity index (χ4n) is 3.94. The van der Waals surface area contributed by atoms with Crippen LogP contribution in [-0.4, -0.2) is 25.3 Å². The molecule has 3 aromatic rings. The van der Waals surface area contributed by atoms with Crippen LogP contribution in [-0.2, 0) is 0 Å². The van der Waals surface area contributed by atoms with E-state index in [0.717, 1.165) is 52.4 Å². The summed E-state index contributed by atoms with van der Waals surface area (Å²) in [5.74, 6) is 2.39. The summed E-state index contributed by atoms with van der Waals surface area (Å²) in [6.07, 6.45) is 10.7. The van der Waals surface area contributed by atoms with E-state index in [2.05, 4.69) is 29.3 Å². The van der Waals surface area contributed by atoms with Crippen LogP contribution in [0, 0.1) is 0 Å². The van der Waals surface area contributed by atoms with E-state index in [9.17, 15) is 0 Å². The first-order chi connectivity index (χ1) is 14.8. The second kappa shape index (κ2) is 9.49. The maximum Gasteiger partial charge on any atom is 0.162 e. The lowest BCUT2D eigenvalue weighted by atomic mass is 9.95. The molecule has 0 spiro atoms. The molecule has 4 rings (SSSR count). The Morgan fingerprint density at radius 3 is 2.33 bits per heavy atom. The van der Waals surface area contributed by atoms with Crippen molar-refractivity contribution in [1.29, 1.82) is 0 Å². The van der Waals surface area contributed by atoms with E-state index in [-0.39, 0.29) is 6.10 Å². The zero-order chi connectivity index (χ0) is 20.8. The largest absolute Gasteiger partial charge is 0.496 e. The van der Waals surface area contributed by atoms with Crippen molar-refractivity contribution >= 4 is 11.6 Å². The topological polar surface area (TPSA) is 40.6 Å². The van der Waals surface area contributed by atoms with Gasteiger partial charge in [0.15, 0.2) is 11.5 Å². The standard InChI is InChI=1S/C26H27NO3/c1-28-24-10-6-5-9-22(24)23(20-13-15-27-16-14-20)17-19-11-12-25(29-2)26(18-19)30-21-7-3-4-8-21/h5-6,9-18,21H,3-4,7-8H2,1-2H3/b23-17+. The summed E-state index contributed by atoms with van der Waals surface area (Å²) in [4.78, 5) is 4.17. The molecule has 154 valence electrons. The maximum atomic E-state index is 6.29. The SMILES string of the molecule is COc1ccc(/C=C(\c2ccncc2)c2ccccc2OC)cc1OC1CCCC1. The Morgan fingerprint density at radius 1 is 0.867 bits per heavy atom. The van der Waals surface area contributed by atoms with Gasteiger partial charge < -0.3 is 14.2 Å². The van der Waals surface area contributed by atoms with E-state index in [4.69, 9.17) is 14.2 Å². The highest BCUT2D eigenvalue weighted by atomic mass is 16.5. The average Bonchev–Trinajstić information content (AvgIpc) is 3.31. The molecule has 1 saturated carbocycles. The van der Waals surface area contributed by atoms with Crippen molar-refractivity contribution in [3.63, 3.8) is 0 Å². The third-order valence-corrected chi connectivity index (χ3v) is 5.48. The lowest BCUT2D eigenvalue weighted by molar-refractivity contribution is 0.201.